The standard InChI is InChI=1S/C33H33BN2O6/c1-2-21-17-26-31(33(39)36(32(26)38)24-9-6-8-23(18-24)34(40)41)27-19-42-29(30(21)27)13-12-22(28-11-3-4-14-35-28)15-20-7-5-10-25(37)16-20/h3-11,14-16,18,26-27,29,31,37,40-41H,2,12-13,17,19H2,1H3/b22-15-/t26-,27+,29-,31-/m1/s1. The van der Waals surface area contributed by atoms with Crippen LogP contribution < -0.4 is 10.4 Å². The van der Waals surface area contributed by atoms with Crippen LogP contribution in [0.5, 0.6) is 5.75 Å². The summed E-state index contributed by atoms with van der Waals surface area (Å²) in [5.41, 5.74) is 5.67. The van der Waals surface area contributed by atoms with E-state index < -0.39 is 19.0 Å². The van der Waals surface area contributed by atoms with E-state index in [2.05, 4.69) is 11.9 Å². The molecular weight excluding hydrogens is 531 g/mol. The predicted molar refractivity (Wildman–Crippen MR) is 160 cm³/mol. The van der Waals surface area contributed by atoms with Gasteiger partial charge in [0.15, 0.2) is 0 Å². The molecule has 2 fully saturated rings. The van der Waals surface area contributed by atoms with E-state index in [1.54, 1.807) is 36.5 Å². The van der Waals surface area contributed by atoms with Gasteiger partial charge in [-0.25, -0.2) is 0 Å². The molecule has 0 radical (unpaired) electrons. The van der Waals surface area contributed by atoms with Crippen LogP contribution in [0.4, 0.5) is 5.69 Å². The Morgan fingerprint density at radius 3 is 2.62 bits per heavy atom. The Morgan fingerprint density at radius 2 is 1.88 bits per heavy atom. The van der Waals surface area contributed by atoms with Crippen molar-refractivity contribution in [3.63, 3.8) is 0 Å². The van der Waals surface area contributed by atoms with E-state index in [9.17, 15) is 24.7 Å². The molecule has 8 nitrogen and oxygen atoms in total. The number of amides is 2. The Bertz CT molecular complexity index is 1570. The Kier molecular flexibility index (Phi) is 7.81. The van der Waals surface area contributed by atoms with Gasteiger partial charge < -0.3 is 19.9 Å². The van der Waals surface area contributed by atoms with Gasteiger partial charge in [-0.3, -0.25) is 19.5 Å². The zero-order chi connectivity index (χ0) is 29.4. The van der Waals surface area contributed by atoms with E-state index in [1.807, 2.05) is 36.4 Å². The van der Waals surface area contributed by atoms with Gasteiger partial charge in [-0.05, 0) is 90.3 Å². The van der Waals surface area contributed by atoms with Crippen LogP contribution in [0.25, 0.3) is 11.6 Å². The lowest BCUT2D eigenvalue weighted by atomic mass is 9.69. The largest absolute Gasteiger partial charge is 0.508 e. The van der Waals surface area contributed by atoms with Crippen molar-refractivity contribution in [1.29, 1.82) is 0 Å². The number of hydrogen-bond donors (Lipinski definition) is 3. The number of phenols is 1. The van der Waals surface area contributed by atoms with Crippen molar-refractivity contribution >= 4 is 41.7 Å². The average Bonchev–Trinajstić information content (AvgIpc) is 3.53. The van der Waals surface area contributed by atoms with Crippen LogP contribution in [0.2, 0.25) is 0 Å². The van der Waals surface area contributed by atoms with Gasteiger partial charge in [0.2, 0.25) is 11.8 Å². The van der Waals surface area contributed by atoms with Gasteiger partial charge in [0.1, 0.15) is 5.75 Å². The molecule has 3 aliphatic rings. The summed E-state index contributed by atoms with van der Waals surface area (Å²) in [6.07, 6.45) is 6.28. The topological polar surface area (TPSA) is 120 Å². The molecule has 0 unspecified atom stereocenters. The molecule has 9 heteroatoms. The summed E-state index contributed by atoms with van der Waals surface area (Å²) in [7, 11) is -1.69. The zero-order valence-electron chi connectivity index (χ0n) is 23.4. The number of carbonyl (C=O) groups excluding carboxylic acids is 2. The van der Waals surface area contributed by atoms with Crippen molar-refractivity contribution in [2.24, 2.45) is 17.8 Å². The number of benzene rings is 2. The van der Waals surface area contributed by atoms with E-state index in [1.165, 1.54) is 16.5 Å². The van der Waals surface area contributed by atoms with Gasteiger partial charge in [0, 0.05) is 12.1 Å². The molecule has 2 aliphatic heterocycles. The monoisotopic (exact) mass is 564 g/mol. The predicted octanol–water partition coefficient (Wildman–Crippen LogP) is 3.72. The second-order valence-corrected chi connectivity index (χ2v) is 11.2. The second-order valence-electron chi connectivity index (χ2n) is 11.2. The minimum atomic E-state index is -1.69. The van der Waals surface area contributed by atoms with Crippen LogP contribution in [-0.4, -0.2) is 51.8 Å². The van der Waals surface area contributed by atoms with E-state index >= 15 is 0 Å². The number of carbonyl (C=O) groups is 2. The highest BCUT2D eigenvalue weighted by Gasteiger charge is 2.57. The quantitative estimate of drug-likeness (QED) is 0.217. The summed E-state index contributed by atoms with van der Waals surface area (Å²) in [6, 6.07) is 19.2. The molecule has 2 aromatic carbocycles. The van der Waals surface area contributed by atoms with E-state index in [0.717, 1.165) is 28.8 Å². The Labute approximate surface area is 245 Å². The van der Waals surface area contributed by atoms with Gasteiger partial charge in [-0.15, -0.1) is 0 Å². The number of allylic oxidation sites excluding steroid dienone is 2. The van der Waals surface area contributed by atoms with Crippen LogP contribution in [-0.2, 0) is 14.3 Å². The molecule has 2 saturated heterocycles. The molecule has 0 bridgehead atoms. The van der Waals surface area contributed by atoms with E-state index in [0.29, 0.717) is 31.6 Å². The Balaban J connectivity index is 1.26. The first-order valence-corrected chi connectivity index (χ1v) is 14.4. The normalized spacial score (nSPS) is 23.8. The first kappa shape index (κ1) is 28.1. The number of anilines is 1. The maximum absolute atomic E-state index is 13.8. The van der Waals surface area contributed by atoms with Gasteiger partial charge in [0.25, 0.3) is 0 Å². The van der Waals surface area contributed by atoms with Crippen molar-refractivity contribution in [3.05, 3.63) is 95.3 Å². The highest BCUT2D eigenvalue weighted by atomic mass is 16.5. The van der Waals surface area contributed by atoms with Crippen molar-refractivity contribution in [1.82, 2.24) is 4.98 Å². The number of ether oxygens (including phenoxy) is 1. The first-order valence-electron chi connectivity index (χ1n) is 14.4. The summed E-state index contributed by atoms with van der Waals surface area (Å²) >= 11 is 0. The molecule has 3 N–H and O–H groups in total. The number of nitrogens with zero attached hydrogens (tertiary/aromatic N) is 2. The molecule has 3 aromatic rings. The molecule has 6 rings (SSSR count). The van der Waals surface area contributed by atoms with Gasteiger partial charge in [0.05, 0.1) is 35.9 Å². The molecule has 0 spiro atoms. The average molecular weight is 564 g/mol. The molecule has 1 aromatic heterocycles. The van der Waals surface area contributed by atoms with Crippen LogP contribution >= 0.6 is 0 Å². The van der Waals surface area contributed by atoms with Crippen molar-refractivity contribution in [2.45, 2.75) is 38.7 Å². The number of fused-ring (bicyclic) bond motifs is 3. The number of imide groups is 1. The van der Waals surface area contributed by atoms with E-state index in [-0.39, 0.29) is 35.0 Å². The second kappa shape index (κ2) is 11.7. The third kappa shape index (κ3) is 5.20. The third-order valence-electron chi connectivity index (χ3n) is 8.74. The van der Waals surface area contributed by atoms with Gasteiger partial charge in [-0.1, -0.05) is 42.8 Å². The summed E-state index contributed by atoms with van der Waals surface area (Å²) < 4.78 is 6.38. The summed E-state index contributed by atoms with van der Waals surface area (Å²) in [5, 5.41) is 29.2. The highest BCUT2D eigenvalue weighted by Crippen LogP contribution is 2.51. The van der Waals surface area contributed by atoms with Crippen LogP contribution in [0.15, 0.2) is 84.1 Å². The van der Waals surface area contributed by atoms with Crippen molar-refractivity contribution < 1.29 is 29.5 Å². The Morgan fingerprint density at radius 1 is 1.05 bits per heavy atom. The zero-order valence-corrected chi connectivity index (χ0v) is 23.4. The van der Waals surface area contributed by atoms with Crippen LogP contribution in [0, 0.1) is 17.8 Å². The molecule has 4 atom stereocenters. The molecule has 1 aliphatic carbocycles. The highest BCUT2D eigenvalue weighted by molar-refractivity contribution is 6.58. The molecule has 2 amide bonds. The number of rotatable bonds is 8. The fourth-order valence-electron chi connectivity index (χ4n) is 6.82. The van der Waals surface area contributed by atoms with Gasteiger partial charge >= 0.3 is 7.12 Å². The number of phenolic OH excluding ortho intramolecular Hbond substituents is 1. The number of hydrogen-bond acceptors (Lipinski definition) is 7. The summed E-state index contributed by atoms with van der Waals surface area (Å²) in [6.45, 7) is 2.46. The summed E-state index contributed by atoms with van der Waals surface area (Å²) in [5.74, 6) is -1.44. The van der Waals surface area contributed by atoms with Crippen LogP contribution in [0.3, 0.4) is 0 Å². The molecular formula is C33H33BN2O6. The molecule has 214 valence electrons. The number of aromatic nitrogens is 1. The molecule has 3 heterocycles. The lowest BCUT2D eigenvalue weighted by Gasteiger charge is -2.31. The minimum Gasteiger partial charge on any atom is -0.508 e. The van der Waals surface area contributed by atoms with Crippen LogP contribution in [0.1, 0.15) is 43.9 Å². The van der Waals surface area contributed by atoms with Crippen molar-refractivity contribution in [2.75, 3.05) is 11.5 Å². The molecule has 42 heavy (non-hydrogen) atoms. The lowest BCUT2D eigenvalue weighted by molar-refractivity contribution is -0.122. The molecule has 0 saturated carbocycles. The van der Waals surface area contributed by atoms with Crippen molar-refractivity contribution in [3.8, 4) is 5.75 Å². The maximum atomic E-state index is 13.8. The fraction of sp³-hybridized carbons (Fsp3) is 0.303. The number of pyridine rings is 1. The fourth-order valence-corrected chi connectivity index (χ4v) is 6.82. The number of aromatic hydroxyl groups is 1. The minimum absolute atomic E-state index is 0.174. The third-order valence-corrected chi connectivity index (χ3v) is 8.74. The Hall–Kier alpha value is -4.05. The smallest absolute Gasteiger partial charge is 0.488 e. The lowest BCUT2D eigenvalue weighted by Crippen LogP contribution is -2.35. The van der Waals surface area contributed by atoms with Gasteiger partial charge in [-0.2, -0.15) is 0 Å². The van der Waals surface area contributed by atoms with E-state index in [4.69, 9.17) is 4.74 Å². The maximum Gasteiger partial charge on any atom is 0.488 e. The SMILES string of the molecule is CCC1=C2[C@@H](CC/C(=C/c3cccc(O)c3)c3ccccn3)OC[C@@H]2[C@@H]2C(=O)N(c3cccc(B(O)O)c3)C(=O)[C@@H]2C1. The summed E-state index contributed by atoms with van der Waals surface area (Å²) in [4.78, 5) is 33.2. The first-order chi connectivity index (χ1) is 20.4.